The number of nitrogens with zero attached hydrogens (tertiary/aromatic N) is 2. The summed E-state index contributed by atoms with van der Waals surface area (Å²) in [6.45, 7) is 0.943. The minimum absolute atomic E-state index is 0.0111. The van der Waals surface area contributed by atoms with E-state index in [4.69, 9.17) is 4.74 Å². The smallest absolute Gasteiger partial charge is 0.249 e. The second-order valence-corrected chi connectivity index (χ2v) is 5.34. The standard InChI is InChI=1S/C16H18N4O3/c21-15-11-23-10-14(16(22)17-8-13-6-7-18-19-13)20(15)9-12-4-2-1-3-5-12/h1-7,14H,8-11H2,(H,17,22)(H,18,19). The summed E-state index contributed by atoms with van der Waals surface area (Å²) in [5.41, 5.74) is 1.78. The zero-order valence-corrected chi connectivity index (χ0v) is 12.6. The number of nitrogens with one attached hydrogen (secondary N) is 2. The minimum atomic E-state index is -0.626. The second-order valence-electron chi connectivity index (χ2n) is 5.34. The predicted octanol–water partition coefficient (Wildman–Crippen LogP) is 0.453. The van der Waals surface area contributed by atoms with Gasteiger partial charge >= 0.3 is 0 Å². The molecule has 120 valence electrons. The summed E-state index contributed by atoms with van der Waals surface area (Å²) in [4.78, 5) is 26.1. The average molecular weight is 314 g/mol. The van der Waals surface area contributed by atoms with Crippen LogP contribution in [0.1, 0.15) is 11.3 Å². The summed E-state index contributed by atoms with van der Waals surface area (Å²) in [7, 11) is 0. The van der Waals surface area contributed by atoms with E-state index in [1.165, 1.54) is 0 Å². The maximum Gasteiger partial charge on any atom is 0.249 e. The molecule has 2 N–H and O–H groups in total. The van der Waals surface area contributed by atoms with E-state index in [2.05, 4.69) is 15.5 Å². The summed E-state index contributed by atoms with van der Waals surface area (Å²) < 4.78 is 5.25. The molecular weight excluding hydrogens is 296 g/mol. The average Bonchev–Trinajstić information content (AvgIpc) is 3.09. The number of hydrogen-bond donors (Lipinski definition) is 2. The molecule has 1 aliphatic heterocycles. The predicted molar refractivity (Wildman–Crippen MR) is 82.0 cm³/mol. The van der Waals surface area contributed by atoms with Gasteiger partial charge < -0.3 is 15.0 Å². The number of carbonyl (C=O) groups is 2. The van der Waals surface area contributed by atoms with Crippen molar-refractivity contribution in [3.05, 3.63) is 53.9 Å². The third-order valence-electron chi connectivity index (χ3n) is 3.71. The molecule has 1 aromatic heterocycles. The number of ether oxygens (including phenoxy) is 1. The lowest BCUT2D eigenvalue weighted by Gasteiger charge is -2.34. The lowest BCUT2D eigenvalue weighted by molar-refractivity contribution is -0.155. The van der Waals surface area contributed by atoms with Gasteiger partial charge in [-0.05, 0) is 11.6 Å². The number of carbonyl (C=O) groups excluding carboxylic acids is 2. The van der Waals surface area contributed by atoms with Crippen molar-refractivity contribution in [1.82, 2.24) is 20.4 Å². The molecule has 3 rings (SSSR count). The molecule has 1 atom stereocenters. The van der Waals surface area contributed by atoms with Gasteiger partial charge in [0.15, 0.2) is 0 Å². The van der Waals surface area contributed by atoms with E-state index < -0.39 is 6.04 Å². The molecule has 0 saturated carbocycles. The Balaban J connectivity index is 1.67. The Kier molecular flexibility index (Phi) is 4.68. The maximum atomic E-state index is 12.4. The Morgan fingerprint density at radius 3 is 2.91 bits per heavy atom. The Labute approximate surface area is 133 Å². The van der Waals surface area contributed by atoms with Crippen molar-refractivity contribution in [3.8, 4) is 0 Å². The Hall–Kier alpha value is -2.67. The monoisotopic (exact) mass is 314 g/mol. The van der Waals surface area contributed by atoms with E-state index in [0.29, 0.717) is 13.1 Å². The highest BCUT2D eigenvalue weighted by molar-refractivity contribution is 5.89. The largest absolute Gasteiger partial charge is 0.369 e. The molecule has 7 heteroatoms. The van der Waals surface area contributed by atoms with Crippen molar-refractivity contribution in [1.29, 1.82) is 0 Å². The molecule has 0 aliphatic carbocycles. The van der Waals surface area contributed by atoms with Gasteiger partial charge in [-0.15, -0.1) is 0 Å². The SMILES string of the molecule is O=C(NCc1ccn[nH]1)C1COCC(=O)N1Cc1ccccc1. The van der Waals surface area contributed by atoms with Crippen molar-refractivity contribution >= 4 is 11.8 Å². The van der Waals surface area contributed by atoms with Crippen molar-refractivity contribution in [2.45, 2.75) is 19.1 Å². The van der Waals surface area contributed by atoms with E-state index in [1.807, 2.05) is 30.3 Å². The number of aromatic amines is 1. The van der Waals surface area contributed by atoms with Crippen LogP contribution < -0.4 is 5.32 Å². The van der Waals surface area contributed by atoms with Crippen LogP contribution in [0.15, 0.2) is 42.6 Å². The van der Waals surface area contributed by atoms with Crippen LogP contribution in [0.2, 0.25) is 0 Å². The molecule has 1 fully saturated rings. The highest BCUT2D eigenvalue weighted by Gasteiger charge is 2.33. The van der Waals surface area contributed by atoms with E-state index in [-0.39, 0.29) is 25.0 Å². The molecule has 2 aromatic rings. The van der Waals surface area contributed by atoms with E-state index >= 15 is 0 Å². The molecule has 1 unspecified atom stereocenters. The van der Waals surface area contributed by atoms with Gasteiger partial charge in [-0.2, -0.15) is 5.10 Å². The highest BCUT2D eigenvalue weighted by atomic mass is 16.5. The zero-order valence-electron chi connectivity index (χ0n) is 12.6. The number of H-pyrrole nitrogens is 1. The van der Waals surface area contributed by atoms with E-state index in [9.17, 15) is 9.59 Å². The lowest BCUT2D eigenvalue weighted by Crippen LogP contribution is -2.55. The third kappa shape index (κ3) is 3.75. The van der Waals surface area contributed by atoms with Crippen LogP contribution in [0, 0.1) is 0 Å². The van der Waals surface area contributed by atoms with Gasteiger partial charge in [0.2, 0.25) is 11.8 Å². The van der Waals surface area contributed by atoms with Crippen LogP contribution in [-0.2, 0) is 27.4 Å². The number of amides is 2. The summed E-state index contributed by atoms with van der Waals surface area (Å²) in [6, 6.07) is 10.8. The molecule has 1 aliphatic rings. The minimum Gasteiger partial charge on any atom is -0.369 e. The molecule has 1 aromatic carbocycles. The molecule has 0 radical (unpaired) electrons. The maximum absolute atomic E-state index is 12.4. The van der Waals surface area contributed by atoms with Gasteiger partial charge in [0.1, 0.15) is 12.6 Å². The van der Waals surface area contributed by atoms with Crippen LogP contribution in [0.3, 0.4) is 0 Å². The number of hydrogen-bond acceptors (Lipinski definition) is 4. The quantitative estimate of drug-likeness (QED) is 0.839. The fraction of sp³-hybridized carbons (Fsp3) is 0.312. The molecule has 0 bridgehead atoms. The fourth-order valence-electron chi connectivity index (χ4n) is 2.48. The molecule has 2 amide bonds. The summed E-state index contributed by atoms with van der Waals surface area (Å²) in [5, 5.41) is 9.42. The van der Waals surface area contributed by atoms with Gasteiger partial charge in [0.25, 0.3) is 0 Å². The first-order valence-corrected chi connectivity index (χ1v) is 7.41. The molecule has 1 saturated heterocycles. The highest BCUT2D eigenvalue weighted by Crippen LogP contribution is 2.14. The fourth-order valence-corrected chi connectivity index (χ4v) is 2.48. The van der Waals surface area contributed by atoms with Crippen molar-refractivity contribution in [2.24, 2.45) is 0 Å². The van der Waals surface area contributed by atoms with E-state index in [0.717, 1.165) is 11.3 Å². The van der Waals surface area contributed by atoms with Gasteiger partial charge in [-0.1, -0.05) is 30.3 Å². The number of morpholine rings is 1. The third-order valence-corrected chi connectivity index (χ3v) is 3.71. The van der Waals surface area contributed by atoms with E-state index in [1.54, 1.807) is 17.2 Å². The Bertz CT molecular complexity index is 657. The van der Waals surface area contributed by atoms with Gasteiger partial charge in [-0.3, -0.25) is 14.7 Å². The first-order chi connectivity index (χ1) is 11.2. The van der Waals surface area contributed by atoms with Crippen molar-refractivity contribution in [3.63, 3.8) is 0 Å². The number of benzene rings is 1. The van der Waals surface area contributed by atoms with Crippen molar-refractivity contribution < 1.29 is 14.3 Å². The Morgan fingerprint density at radius 2 is 2.17 bits per heavy atom. The van der Waals surface area contributed by atoms with Crippen LogP contribution >= 0.6 is 0 Å². The Morgan fingerprint density at radius 1 is 1.35 bits per heavy atom. The van der Waals surface area contributed by atoms with Crippen LogP contribution in [0.25, 0.3) is 0 Å². The summed E-state index contributed by atoms with van der Waals surface area (Å²) in [6.07, 6.45) is 1.62. The van der Waals surface area contributed by atoms with Crippen LogP contribution in [-0.4, -0.2) is 46.2 Å². The first kappa shape index (κ1) is 15.2. The number of aromatic nitrogens is 2. The summed E-state index contributed by atoms with van der Waals surface area (Å²) >= 11 is 0. The molecule has 23 heavy (non-hydrogen) atoms. The van der Waals surface area contributed by atoms with Crippen molar-refractivity contribution in [2.75, 3.05) is 13.2 Å². The molecule has 2 heterocycles. The van der Waals surface area contributed by atoms with Crippen LogP contribution in [0.4, 0.5) is 0 Å². The van der Waals surface area contributed by atoms with Gasteiger partial charge in [0.05, 0.1) is 18.8 Å². The second kappa shape index (κ2) is 7.06. The van der Waals surface area contributed by atoms with Gasteiger partial charge in [-0.25, -0.2) is 0 Å². The molecule has 0 spiro atoms. The topological polar surface area (TPSA) is 87.3 Å². The van der Waals surface area contributed by atoms with Gasteiger partial charge in [0, 0.05) is 12.7 Å². The summed E-state index contributed by atoms with van der Waals surface area (Å²) in [5.74, 6) is -0.412. The molecule has 7 nitrogen and oxygen atoms in total. The van der Waals surface area contributed by atoms with Crippen LogP contribution in [0.5, 0.6) is 0 Å². The molecular formula is C16H18N4O3. The normalized spacial score (nSPS) is 18.0. The first-order valence-electron chi connectivity index (χ1n) is 7.41. The number of rotatable bonds is 5. The lowest BCUT2D eigenvalue weighted by atomic mass is 10.1. The zero-order chi connectivity index (χ0) is 16.1.